The quantitative estimate of drug-likeness (QED) is 0.317. The van der Waals surface area contributed by atoms with E-state index in [-0.39, 0.29) is 35.8 Å². The van der Waals surface area contributed by atoms with Gasteiger partial charge < -0.3 is 15.5 Å². The zero-order valence-electron chi connectivity index (χ0n) is 17.2. The van der Waals surface area contributed by atoms with E-state index in [4.69, 9.17) is 0 Å². The molecule has 30 heavy (non-hydrogen) atoms. The first kappa shape index (κ1) is 24.6. The molecular weight excluding hydrogens is 514 g/mol. The molecule has 164 valence electrons. The van der Waals surface area contributed by atoms with E-state index in [0.717, 1.165) is 49.0 Å². The lowest BCUT2D eigenvalue weighted by atomic mass is 10.0. The zero-order chi connectivity index (χ0) is 20.5. The van der Waals surface area contributed by atoms with Gasteiger partial charge in [0.25, 0.3) is 0 Å². The van der Waals surface area contributed by atoms with Crippen molar-refractivity contribution in [2.75, 3.05) is 36.8 Å². The second-order valence-corrected chi connectivity index (χ2v) is 8.60. The summed E-state index contributed by atoms with van der Waals surface area (Å²) < 4.78 is 25.9. The lowest BCUT2D eigenvalue weighted by molar-refractivity contribution is 0.467. The number of guanidine groups is 1. The molecule has 1 saturated heterocycles. The fraction of sp³-hybridized carbons (Fsp3) is 0.409. The van der Waals surface area contributed by atoms with Gasteiger partial charge in [-0.3, -0.25) is 9.20 Å². The normalized spacial score (nSPS) is 17.7. The maximum atomic E-state index is 13.6. The third kappa shape index (κ3) is 7.54. The standard InChI is InChI=1S/C22H29FN4OS.HI/c1-2-24-22(25-13-15-29(28)21-11-4-3-5-12-21)26-19-9-7-14-27(17-19)20-10-6-8-18(23)16-20;/h3-6,8,10-12,16,19H,2,7,9,13-15,17H2,1H3,(H2,24,25,26);1H. The van der Waals surface area contributed by atoms with E-state index in [1.54, 1.807) is 12.1 Å². The van der Waals surface area contributed by atoms with Gasteiger partial charge in [-0.05, 0) is 50.1 Å². The lowest BCUT2D eigenvalue weighted by Gasteiger charge is -2.35. The third-order valence-corrected chi connectivity index (χ3v) is 6.18. The number of aliphatic imine (C=N–C) groups is 1. The smallest absolute Gasteiger partial charge is 0.191 e. The maximum absolute atomic E-state index is 13.6. The molecule has 2 N–H and O–H groups in total. The number of anilines is 1. The second kappa shape index (κ2) is 12.9. The number of hydrogen-bond acceptors (Lipinski definition) is 3. The van der Waals surface area contributed by atoms with Crippen LogP contribution >= 0.6 is 24.0 Å². The van der Waals surface area contributed by atoms with Gasteiger partial charge in [-0.1, -0.05) is 24.3 Å². The molecular formula is C22H30FIN4OS. The zero-order valence-corrected chi connectivity index (χ0v) is 20.4. The van der Waals surface area contributed by atoms with E-state index in [1.807, 2.05) is 43.3 Å². The lowest BCUT2D eigenvalue weighted by Crippen LogP contribution is -2.51. The van der Waals surface area contributed by atoms with Gasteiger partial charge in [0, 0.05) is 42.0 Å². The molecule has 3 rings (SSSR count). The number of nitrogens with zero attached hydrogens (tertiary/aromatic N) is 2. The minimum atomic E-state index is -1.05. The number of halogens is 2. The molecule has 1 aliphatic rings. The highest BCUT2D eigenvalue weighted by Gasteiger charge is 2.21. The maximum Gasteiger partial charge on any atom is 0.191 e. The summed E-state index contributed by atoms with van der Waals surface area (Å²) in [7, 11) is -1.05. The average Bonchev–Trinajstić information content (AvgIpc) is 2.74. The first-order valence-electron chi connectivity index (χ1n) is 10.1. The van der Waals surface area contributed by atoms with E-state index in [9.17, 15) is 8.60 Å². The van der Waals surface area contributed by atoms with E-state index >= 15 is 0 Å². The minimum Gasteiger partial charge on any atom is -0.369 e. The molecule has 2 unspecified atom stereocenters. The molecule has 0 saturated carbocycles. The largest absolute Gasteiger partial charge is 0.369 e. The molecule has 0 aliphatic carbocycles. The van der Waals surface area contributed by atoms with Gasteiger partial charge in [-0.25, -0.2) is 4.39 Å². The Bertz CT molecular complexity index is 837. The fourth-order valence-corrected chi connectivity index (χ4v) is 4.40. The summed E-state index contributed by atoms with van der Waals surface area (Å²) in [4.78, 5) is 7.65. The number of benzene rings is 2. The molecule has 8 heteroatoms. The predicted octanol–water partition coefficient (Wildman–Crippen LogP) is 3.78. The monoisotopic (exact) mass is 544 g/mol. The van der Waals surface area contributed by atoms with Crippen LogP contribution in [0.4, 0.5) is 10.1 Å². The average molecular weight is 544 g/mol. The Hall–Kier alpha value is -1.68. The van der Waals surface area contributed by atoms with Crippen LogP contribution in [0.15, 0.2) is 64.5 Å². The summed E-state index contributed by atoms with van der Waals surface area (Å²) in [5.74, 6) is 1.02. The summed E-state index contributed by atoms with van der Waals surface area (Å²) in [5.41, 5.74) is 0.914. The van der Waals surface area contributed by atoms with Gasteiger partial charge in [0.15, 0.2) is 5.96 Å². The Morgan fingerprint density at radius 2 is 2.03 bits per heavy atom. The summed E-state index contributed by atoms with van der Waals surface area (Å²) in [6.45, 7) is 4.99. The van der Waals surface area contributed by atoms with Crippen molar-refractivity contribution in [1.29, 1.82) is 0 Å². The Labute approximate surface area is 198 Å². The molecule has 1 heterocycles. The number of hydrogen-bond donors (Lipinski definition) is 2. The van der Waals surface area contributed by atoms with E-state index < -0.39 is 10.8 Å². The highest BCUT2D eigenvalue weighted by molar-refractivity contribution is 14.0. The van der Waals surface area contributed by atoms with E-state index in [2.05, 4.69) is 20.5 Å². The molecule has 2 aromatic rings. The highest BCUT2D eigenvalue weighted by atomic mass is 127. The Kier molecular flexibility index (Phi) is 10.6. The number of piperidine rings is 1. The summed E-state index contributed by atoms with van der Waals surface area (Å²) in [6.07, 6.45) is 2.07. The van der Waals surface area contributed by atoms with Crippen LogP contribution in [-0.4, -0.2) is 48.1 Å². The number of rotatable bonds is 7. The van der Waals surface area contributed by atoms with E-state index in [1.165, 1.54) is 6.07 Å². The SMILES string of the molecule is CCNC(=NCCS(=O)c1ccccc1)NC1CCCN(c2cccc(F)c2)C1.I. The van der Waals surface area contributed by atoms with Crippen molar-refractivity contribution in [1.82, 2.24) is 10.6 Å². The van der Waals surface area contributed by atoms with Crippen LogP contribution in [0.2, 0.25) is 0 Å². The molecule has 0 bridgehead atoms. The van der Waals surface area contributed by atoms with Crippen molar-refractivity contribution in [3.05, 3.63) is 60.4 Å². The van der Waals surface area contributed by atoms with Gasteiger partial charge in [-0.2, -0.15) is 0 Å². The van der Waals surface area contributed by atoms with E-state index in [0.29, 0.717) is 12.3 Å². The molecule has 5 nitrogen and oxygen atoms in total. The second-order valence-electron chi connectivity index (χ2n) is 7.03. The molecule has 1 aliphatic heterocycles. The molecule has 1 fully saturated rings. The molecule has 0 radical (unpaired) electrons. The van der Waals surface area contributed by atoms with Crippen LogP contribution in [0.25, 0.3) is 0 Å². The Balaban J connectivity index is 0.00000320. The summed E-state index contributed by atoms with van der Waals surface area (Å²) in [5, 5.41) is 6.76. The molecule has 0 aromatic heterocycles. The van der Waals surface area contributed by atoms with Crippen molar-refractivity contribution in [2.45, 2.75) is 30.7 Å². The van der Waals surface area contributed by atoms with Crippen LogP contribution in [0.5, 0.6) is 0 Å². The summed E-state index contributed by atoms with van der Waals surface area (Å²) >= 11 is 0. The van der Waals surface area contributed by atoms with Crippen LogP contribution in [-0.2, 0) is 10.8 Å². The highest BCUT2D eigenvalue weighted by Crippen LogP contribution is 2.20. The van der Waals surface area contributed by atoms with Crippen LogP contribution in [0.3, 0.4) is 0 Å². The fourth-order valence-electron chi connectivity index (χ4n) is 3.45. The minimum absolute atomic E-state index is 0. The number of nitrogens with one attached hydrogen (secondary N) is 2. The molecule has 0 spiro atoms. The topological polar surface area (TPSA) is 56.7 Å². The predicted molar refractivity (Wildman–Crippen MR) is 134 cm³/mol. The van der Waals surface area contributed by atoms with Gasteiger partial charge in [0.05, 0.1) is 17.3 Å². The Morgan fingerprint density at radius 1 is 1.23 bits per heavy atom. The van der Waals surface area contributed by atoms with Crippen molar-refractivity contribution in [3.63, 3.8) is 0 Å². The molecule has 0 amide bonds. The van der Waals surface area contributed by atoms with Gasteiger partial charge >= 0.3 is 0 Å². The first-order valence-corrected chi connectivity index (χ1v) is 11.5. The third-order valence-electron chi connectivity index (χ3n) is 4.83. The van der Waals surface area contributed by atoms with Crippen LogP contribution < -0.4 is 15.5 Å². The van der Waals surface area contributed by atoms with Crippen molar-refractivity contribution in [3.8, 4) is 0 Å². The van der Waals surface area contributed by atoms with Gasteiger partial charge in [-0.15, -0.1) is 24.0 Å². The van der Waals surface area contributed by atoms with Crippen molar-refractivity contribution < 1.29 is 8.60 Å². The van der Waals surface area contributed by atoms with Crippen molar-refractivity contribution >= 4 is 46.4 Å². The molecule has 2 aromatic carbocycles. The Morgan fingerprint density at radius 3 is 2.77 bits per heavy atom. The van der Waals surface area contributed by atoms with Crippen LogP contribution in [0, 0.1) is 5.82 Å². The van der Waals surface area contributed by atoms with Crippen LogP contribution in [0.1, 0.15) is 19.8 Å². The van der Waals surface area contributed by atoms with Gasteiger partial charge in [0.1, 0.15) is 5.82 Å². The molecule has 2 atom stereocenters. The first-order chi connectivity index (χ1) is 14.2. The van der Waals surface area contributed by atoms with Crippen molar-refractivity contribution in [2.24, 2.45) is 4.99 Å². The van der Waals surface area contributed by atoms with Gasteiger partial charge in [0.2, 0.25) is 0 Å². The summed E-state index contributed by atoms with van der Waals surface area (Å²) in [6, 6.07) is 16.5.